The second-order valence-electron chi connectivity index (χ2n) is 6.13. The third-order valence-corrected chi connectivity index (χ3v) is 3.79. The van der Waals surface area contributed by atoms with Crippen LogP contribution < -0.4 is 10.6 Å². The van der Waals surface area contributed by atoms with E-state index in [-0.39, 0.29) is 5.76 Å². The fraction of sp³-hybridized carbons (Fsp3) is 0.353. The van der Waals surface area contributed by atoms with Crippen LogP contribution in [0.25, 0.3) is 5.57 Å². The molecule has 1 aromatic rings. The Morgan fingerprint density at radius 3 is 2.54 bits per heavy atom. The number of hydrogen-bond donors (Lipinski definition) is 2. The van der Waals surface area contributed by atoms with Gasteiger partial charge in [0.2, 0.25) is 0 Å². The van der Waals surface area contributed by atoms with Crippen LogP contribution in [0.4, 0.5) is 17.6 Å². The van der Waals surface area contributed by atoms with Gasteiger partial charge in [-0.3, -0.25) is 5.01 Å². The molecule has 2 heterocycles. The zero-order valence-electron chi connectivity index (χ0n) is 14.4. The largest absolute Gasteiger partial charge is 0.510 e. The fourth-order valence-corrected chi connectivity index (χ4v) is 2.06. The minimum Gasteiger partial charge on any atom is -0.510 e. The molecule has 26 heavy (non-hydrogen) atoms. The van der Waals surface area contributed by atoms with E-state index in [0.717, 1.165) is 19.9 Å². The second kappa shape index (κ2) is 6.99. The highest BCUT2D eigenvalue weighted by Crippen LogP contribution is 2.35. The first kappa shape index (κ1) is 19.8. The Morgan fingerprint density at radius 1 is 1.35 bits per heavy atom. The number of nitrogens with two attached hydrogens (primary N) is 1. The van der Waals surface area contributed by atoms with Crippen LogP contribution in [0.15, 0.2) is 42.1 Å². The summed E-state index contributed by atoms with van der Waals surface area (Å²) < 4.78 is 57.5. The molecule has 0 bridgehead atoms. The summed E-state index contributed by atoms with van der Waals surface area (Å²) in [6.45, 7) is 3.31. The molecule has 5 nitrogen and oxygen atoms in total. The molecule has 2 rings (SSSR count). The summed E-state index contributed by atoms with van der Waals surface area (Å²) in [5, 5.41) is 11.1. The van der Waals surface area contributed by atoms with Crippen molar-refractivity contribution >= 4 is 5.57 Å². The Balaban J connectivity index is 2.35. The van der Waals surface area contributed by atoms with Gasteiger partial charge >= 0.3 is 6.18 Å². The van der Waals surface area contributed by atoms with Crippen molar-refractivity contribution in [3.63, 3.8) is 0 Å². The summed E-state index contributed by atoms with van der Waals surface area (Å²) in [5.41, 5.74) is -1.49. The molecule has 1 aliphatic rings. The standard InChI is InChI=1S/C17H19F4N3O2/c1-4-14(25)13-8-10(5-6-24(13)22)11-7-12(18)15(23-9-11)26-16(2,3)17(19,20)21/h5-9,25H,4,22H2,1-3H3/b14-13+. The van der Waals surface area contributed by atoms with Gasteiger partial charge in [0.15, 0.2) is 11.4 Å². The highest BCUT2D eigenvalue weighted by Gasteiger charge is 2.50. The number of rotatable bonds is 4. The van der Waals surface area contributed by atoms with Gasteiger partial charge in [-0.25, -0.2) is 15.2 Å². The highest BCUT2D eigenvalue weighted by molar-refractivity contribution is 5.77. The SMILES string of the molecule is CC/C(O)=C1/C=C(c2cnc(OC(C)(C)C(F)(F)F)c(F)c2)C=CN1N. The van der Waals surface area contributed by atoms with Crippen molar-refractivity contribution in [2.45, 2.75) is 39.0 Å². The lowest BCUT2D eigenvalue weighted by Gasteiger charge is -2.28. The molecule has 9 heteroatoms. The zero-order chi connectivity index (χ0) is 19.7. The van der Waals surface area contributed by atoms with Crippen LogP contribution in [0.5, 0.6) is 5.88 Å². The van der Waals surface area contributed by atoms with Crippen LogP contribution in [0.1, 0.15) is 32.8 Å². The van der Waals surface area contributed by atoms with Gasteiger partial charge < -0.3 is 9.84 Å². The van der Waals surface area contributed by atoms with E-state index in [0.29, 0.717) is 23.3 Å². The molecule has 0 aromatic carbocycles. The number of aliphatic hydroxyl groups is 1. The van der Waals surface area contributed by atoms with Crippen LogP contribution in [0.3, 0.4) is 0 Å². The van der Waals surface area contributed by atoms with Crippen LogP contribution in [0.2, 0.25) is 0 Å². The van der Waals surface area contributed by atoms with Gasteiger partial charge in [0.25, 0.3) is 5.88 Å². The first-order valence-corrected chi connectivity index (χ1v) is 7.74. The number of aliphatic hydroxyl groups excluding tert-OH is 1. The van der Waals surface area contributed by atoms with Crippen molar-refractivity contribution in [1.29, 1.82) is 0 Å². The lowest BCUT2D eigenvalue weighted by atomic mass is 10.0. The molecular weight excluding hydrogens is 354 g/mol. The minimum absolute atomic E-state index is 0.0367. The smallest absolute Gasteiger partial charge is 0.427 e. The molecule has 0 spiro atoms. The number of aromatic nitrogens is 1. The summed E-state index contributed by atoms with van der Waals surface area (Å²) in [4.78, 5) is 3.67. The van der Waals surface area contributed by atoms with Crippen molar-refractivity contribution in [2.24, 2.45) is 5.84 Å². The van der Waals surface area contributed by atoms with E-state index in [1.165, 1.54) is 23.5 Å². The molecule has 0 saturated carbocycles. The van der Waals surface area contributed by atoms with Crippen LogP contribution in [0, 0.1) is 5.82 Å². The molecule has 0 fully saturated rings. The average Bonchev–Trinajstić information content (AvgIpc) is 2.55. The van der Waals surface area contributed by atoms with E-state index in [2.05, 4.69) is 4.98 Å². The van der Waals surface area contributed by atoms with E-state index in [1.54, 1.807) is 13.0 Å². The van der Waals surface area contributed by atoms with E-state index >= 15 is 0 Å². The third-order valence-electron chi connectivity index (χ3n) is 3.79. The first-order chi connectivity index (χ1) is 12.0. The van der Waals surface area contributed by atoms with E-state index in [1.807, 2.05) is 0 Å². The number of hydrazine groups is 1. The normalized spacial score (nSPS) is 17.2. The van der Waals surface area contributed by atoms with Crippen molar-refractivity contribution in [2.75, 3.05) is 0 Å². The molecule has 0 saturated heterocycles. The Kier molecular flexibility index (Phi) is 5.31. The van der Waals surface area contributed by atoms with E-state index < -0.39 is 23.5 Å². The number of alkyl halides is 3. The molecule has 0 amide bonds. The van der Waals surface area contributed by atoms with Gasteiger partial charge in [-0.15, -0.1) is 0 Å². The molecule has 142 valence electrons. The van der Waals surface area contributed by atoms with Crippen LogP contribution >= 0.6 is 0 Å². The molecule has 0 atom stereocenters. The summed E-state index contributed by atoms with van der Waals surface area (Å²) in [6, 6.07) is 1.01. The van der Waals surface area contributed by atoms with Crippen molar-refractivity contribution in [1.82, 2.24) is 9.99 Å². The number of ether oxygens (including phenoxy) is 1. The van der Waals surface area contributed by atoms with Gasteiger partial charge in [0.1, 0.15) is 5.76 Å². The summed E-state index contributed by atoms with van der Waals surface area (Å²) in [7, 11) is 0. The number of hydrogen-bond acceptors (Lipinski definition) is 5. The molecule has 0 aliphatic carbocycles. The van der Waals surface area contributed by atoms with Gasteiger partial charge in [-0.1, -0.05) is 6.92 Å². The van der Waals surface area contributed by atoms with Gasteiger partial charge in [-0.2, -0.15) is 13.2 Å². The molecule has 0 radical (unpaired) electrons. The number of pyridine rings is 1. The summed E-state index contributed by atoms with van der Waals surface area (Å²) in [6.07, 6.45) is 1.39. The minimum atomic E-state index is -4.68. The number of halogens is 4. The lowest BCUT2D eigenvalue weighted by molar-refractivity contribution is -0.235. The van der Waals surface area contributed by atoms with Gasteiger partial charge in [-0.05, 0) is 37.6 Å². The highest BCUT2D eigenvalue weighted by atomic mass is 19.4. The third kappa shape index (κ3) is 3.98. The van der Waals surface area contributed by atoms with E-state index in [9.17, 15) is 22.7 Å². The quantitative estimate of drug-likeness (QED) is 0.470. The summed E-state index contributed by atoms with van der Waals surface area (Å²) >= 11 is 0. The molecule has 1 aromatic heterocycles. The Bertz CT molecular complexity index is 783. The maximum Gasteiger partial charge on any atom is 0.427 e. The maximum atomic E-state index is 14.2. The lowest BCUT2D eigenvalue weighted by Crippen LogP contribution is -2.45. The van der Waals surface area contributed by atoms with Crippen LogP contribution in [-0.4, -0.2) is 26.9 Å². The maximum absolute atomic E-state index is 14.2. The molecule has 0 unspecified atom stereocenters. The molecule has 3 N–H and O–H groups in total. The van der Waals surface area contributed by atoms with Gasteiger partial charge in [0.05, 0.1) is 5.70 Å². The number of nitrogens with zero attached hydrogens (tertiary/aromatic N) is 2. The Hall–Kier alpha value is -2.55. The van der Waals surface area contributed by atoms with Crippen molar-refractivity contribution in [3.05, 3.63) is 53.5 Å². The van der Waals surface area contributed by atoms with Crippen molar-refractivity contribution in [3.8, 4) is 5.88 Å². The number of allylic oxidation sites excluding steroid dienone is 4. The monoisotopic (exact) mass is 373 g/mol. The fourth-order valence-electron chi connectivity index (χ4n) is 2.06. The second-order valence-corrected chi connectivity index (χ2v) is 6.13. The summed E-state index contributed by atoms with van der Waals surface area (Å²) in [5.74, 6) is 3.99. The average molecular weight is 373 g/mol. The van der Waals surface area contributed by atoms with E-state index in [4.69, 9.17) is 10.6 Å². The Labute approximate surface area is 148 Å². The zero-order valence-corrected chi connectivity index (χ0v) is 14.4. The molecular formula is C17H19F4N3O2. The first-order valence-electron chi connectivity index (χ1n) is 7.74. The topological polar surface area (TPSA) is 71.6 Å². The van der Waals surface area contributed by atoms with Crippen LogP contribution in [-0.2, 0) is 0 Å². The van der Waals surface area contributed by atoms with Crippen molar-refractivity contribution < 1.29 is 27.4 Å². The predicted molar refractivity (Wildman–Crippen MR) is 88.0 cm³/mol. The van der Waals surface area contributed by atoms with Gasteiger partial charge in [0, 0.05) is 24.4 Å². The Morgan fingerprint density at radius 2 is 2.00 bits per heavy atom. The molecule has 1 aliphatic heterocycles. The predicted octanol–water partition coefficient (Wildman–Crippen LogP) is 4.21.